The third-order valence-corrected chi connectivity index (χ3v) is 4.37. The SMILES string of the molecule is CCC1CCC(O)(c2ccc(Cl)c(Cl)c2)C1. The van der Waals surface area contributed by atoms with Gasteiger partial charge in [-0.15, -0.1) is 0 Å². The van der Waals surface area contributed by atoms with Crippen molar-refractivity contribution in [2.75, 3.05) is 0 Å². The molecular weight excluding hydrogens is 243 g/mol. The summed E-state index contributed by atoms with van der Waals surface area (Å²) in [4.78, 5) is 0. The standard InChI is InChI=1S/C13H16Cl2O/c1-2-9-5-6-13(16,8-9)10-3-4-11(14)12(15)7-10/h3-4,7,9,16H,2,5-6,8H2,1H3. The van der Waals surface area contributed by atoms with Gasteiger partial charge in [-0.05, 0) is 42.9 Å². The number of benzene rings is 1. The second-order valence-corrected chi connectivity index (χ2v) is 5.49. The number of hydrogen-bond acceptors (Lipinski definition) is 1. The van der Waals surface area contributed by atoms with Crippen molar-refractivity contribution in [3.8, 4) is 0 Å². The van der Waals surface area contributed by atoms with E-state index >= 15 is 0 Å². The van der Waals surface area contributed by atoms with E-state index in [1.165, 1.54) is 0 Å². The maximum atomic E-state index is 10.6. The van der Waals surface area contributed by atoms with Crippen LogP contribution in [0.1, 0.15) is 38.2 Å². The van der Waals surface area contributed by atoms with Crippen LogP contribution in [0.4, 0.5) is 0 Å². The van der Waals surface area contributed by atoms with Gasteiger partial charge in [-0.3, -0.25) is 0 Å². The first kappa shape index (κ1) is 12.2. The minimum absolute atomic E-state index is 0.521. The first-order valence-corrected chi connectivity index (χ1v) is 6.48. The zero-order valence-electron chi connectivity index (χ0n) is 9.34. The molecule has 0 bridgehead atoms. The van der Waals surface area contributed by atoms with Gasteiger partial charge in [-0.1, -0.05) is 42.6 Å². The fourth-order valence-corrected chi connectivity index (χ4v) is 2.82. The summed E-state index contributed by atoms with van der Waals surface area (Å²) < 4.78 is 0. The molecule has 0 heterocycles. The van der Waals surface area contributed by atoms with E-state index in [0.717, 1.165) is 31.2 Å². The molecule has 2 rings (SSSR count). The highest BCUT2D eigenvalue weighted by Gasteiger charge is 2.38. The summed E-state index contributed by atoms with van der Waals surface area (Å²) in [6, 6.07) is 5.44. The molecule has 0 saturated heterocycles. The van der Waals surface area contributed by atoms with E-state index in [9.17, 15) is 5.11 Å². The third-order valence-electron chi connectivity index (χ3n) is 3.63. The van der Waals surface area contributed by atoms with Crippen molar-refractivity contribution in [3.63, 3.8) is 0 Å². The molecule has 2 unspecified atom stereocenters. The lowest BCUT2D eigenvalue weighted by molar-refractivity contribution is 0.0398. The van der Waals surface area contributed by atoms with Crippen LogP contribution in [0.15, 0.2) is 18.2 Å². The summed E-state index contributed by atoms with van der Waals surface area (Å²) in [7, 11) is 0. The van der Waals surface area contributed by atoms with Crippen LogP contribution in [0.2, 0.25) is 10.0 Å². The molecule has 2 atom stereocenters. The average Bonchev–Trinajstić information content (AvgIpc) is 2.66. The number of halogens is 2. The van der Waals surface area contributed by atoms with Crippen LogP contribution in [0, 0.1) is 5.92 Å². The van der Waals surface area contributed by atoms with Gasteiger partial charge in [-0.25, -0.2) is 0 Å². The van der Waals surface area contributed by atoms with Gasteiger partial charge in [0.25, 0.3) is 0 Å². The van der Waals surface area contributed by atoms with Gasteiger partial charge in [-0.2, -0.15) is 0 Å². The third kappa shape index (κ3) is 2.22. The van der Waals surface area contributed by atoms with Crippen LogP contribution < -0.4 is 0 Å². The monoisotopic (exact) mass is 258 g/mol. The second kappa shape index (κ2) is 4.56. The Kier molecular flexibility index (Phi) is 3.48. The van der Waals surface area contributed by atoms with Crippen molar-refractivity contribution in [2.45, 2.75) is 38.2 Å². The van der Waals surface area contributed by atoms with E-state index in [1.807, 2.05) is 6.07 Å². The predicted molar refractivity (Wildman–Crippen MR) is 68.0 cm³/mol. The Balaban J connectivity index is 2.27. The number of rotatable bonds is 2. The van der Waals surface area contributed by atoms with Gasteiger partial charge in [0.05, 0.1) is 15.6 Å². The molecule has 1 aromatic carbocycles. The van der Waals surface area contributed by atoms with Crippen molar-refractivity contribution in [1.29, 1.82) is 0 Å². The van der Waals surface area contributed by atoms with Gasteiger partial charge < -0.3 is 5.11 Å². The van der Waals surface area contributed by atoms with Crippen molar-refractivity contribution in [1.82, 2.24) is 0 Å². The first-order valence-electron chi connectivity index (χ1n) is 5.73. The van der Waals surface area contributed by atoms with Gasteiger partial charge in [0.2, 0.25) is 0 Å². The van der Waals surface area contributed by atoms with Crippen molar-refractivity contribution < 1.29 is 5.11 Å². The molecule has 1 aliphatic rings. The molecule has 1 aliphatic carbocycles. The molecule has 0 aromatic heterocycles. The Morgan fingerprint density at radius 2 is 2.12 bits per heavy atom. The topological polar surface area (TPSA) is 20.2 Å². The van der Waals surface area contributed by atoms with Crippen molar-refractivity contribution in [3.05, 3.63) is 33.8 Å². The molecule has 0 aliphatic heterocycles. The zero-order chi connectivity index (χ0) is 11.8. The number of aliphatic hydroxyl groups is 1. The summed E-state index contributed by atoms with van der Waals surface area (Å²) in [5.74, 6) is 0.624. The quantitative estimate of drug-likeness (QED) is 0.835. The molecular formula is C13H16Cl2O. The molecule has 0 radical (unpaired) electrons. The second-order valence-electron chi connectivity index (χ2n) is 4.68. The lowest BCUT2D eigenvalue weighted by Gasteiger charge is -2.23. The van der Waals surface area contributed by atoms with Crippen LogP contribution in [-0.4, -0.2) is 5.11 Å². The van der Waals surface area contributed by atoms with E-state index in [0.29, 0.717) is 16.0 Å². The summed E-state index contributed by atoms with van der Waals surface area (Å²) in [6.07, 6.45) is 3.88. The highest BCUT2D eigenvalue weighted by atomic mass is 35.5. The van der Waals surface area contributed by atoms with E-state index in [1.54, 1.807) is 12.1 Å². The van der Waals surface area contributed by atoms with Crippen molar-refractivity contribution >= 4 is 23.2 Å². The van der Waals surface area contributed by atoms with Crippen LogP contribution in [-0.2, 0) is 5.60 Å². The van der Waals surface area contributed by atoms with E-state index < -0.39 is 5.60 Å². The minimum atomic E-state index is -0.699. The maximum Gasteiger partial charge on any atom is 0.0899 e. The fraction of sp³-hybridized carbons (Fsp3) is 0.538. The molecule has 1 nitrogen and oxygen atoms in total. The molecule has 1 fully saturated rings. The predicted octanol–water partition coefficient (Wildman–Crippen LogP) is 4.39. The Hall–Kier alpha value is -0.240. The normalized spacial score (nSPS) is 29.6. The molecule has 88 valence electrons. The highest BCUT2D eigenvalue weighted by molar-refractivity contribution is 6.42. The van der Waals surface area contributed by atoms with Gasteiger partial charge in [0.1, 0.15) is 0 Å². The lowest BCUT2D eigenvalue weighted by atomic mass is 9.91. The molecule has 1 aromatic rings. The molecule has 16 heavy (non-hydrogen) atoms. The van der Waals surface area contributed by atoms with Gasteiger partial charge >= 0.3 is 0 Å². The van der Waals surface area contributed by atoms with Crippen LogP contribution in [0.3, 0.4) is 0 Å². The average molecular weight is 259 g/mol. The summed E-state index contributed by atoms with van der Waals surface area (Å²) in [5.41, 5.74) is 0.201. The maximum absolute atomic E-state index is 10.6. The Morgan fingerprint density at radius 1 is 1.38 bits per heavy atom. The lowest BCUT2D eigenvalue weighted by Crippen LogP contribution is -2.21. The largest absolute Gasteiger partial charge is 0.385 e. The summed E-state index contributed by atoms with van der Waals surface area (Å²) >= 11 is 11.9. The summed E-state index contributed by atoms with van der Waals surface area (Å²) in [6.45, 7) is 2.17. The van der Waals surface area contributed by atoms with E-state index in [4.69, 9.17) is 23.2 Å². The van der Waals surface area contributed by atoms with Crippen molar-refractivity contribution in [2.24, 2.45) is 5.92 Å². The molecule has 1 N–H and O–H groups in total. The van der Waals surface area contributed by atoms with Crippen LogP contribution in [0.25, 0.3) is 0 Å². The Bertz CT molecular complexity index is 392. The molecule has 0 spiro atoms. The van der Waals surface area contributed by atoms with Gasteiger partial charge in [0.15, 0.2) is 0 Å². The van der Waals surface area contributed by atoms with E-state index in [2.05, 4.69) is 6.92 Å². The zero-order valence-corrected chi connectivity index (χ0v) is 10.9. The fourth-order valence-electron chi connectivity index (χ4n) is 2.52. The van der Waals surface area contributed by atoms with Crippen LogP contribution in [0.5, 0.6) is 0 Å². The number of hydrogen-bond donors (Lipinski definition) is 1. The smallest absolute Gasteiger partial charge is 0.0899 e. The Labute approximate surface area is 106 Å². The minimum Gasteiger partial charge on any atom is -0.385 e. The van der Waals surface area contributed by atoms with E-state index in [-0.39, 0.29) is 0 Å². The Morgan fingerprint density at radius 3 is 2.69 bits per heavy atom. The summed E-state index contributed by atoms with van der Waals surface area (Å²) in [5, 5.41) is 11.6. The first-order chi connectivity index (χ1) is 7.55. The highest BCUT2D eigenvalue weighted by Crippen LogP contribution is 2.44. The van der Waals surface area contributed by atoms with Gasteiger partial charge in [0, 0.05) is 0 Å². The van der Waals surface area contributed by atoms with Crippen LogP contribution >= 0.6 is 23.2 Å². The molecule has 3 heteroatoms. The molecule has 1 saturated carbocycles. The molecule has 0 amide bonds.